The molecule has 0 amide bonds. The maximum absolute atomic E-state index is 2.62. The zero-order chi connectivity index (χ0) is 73.1. The molecule has 0 bridgehead atoms. The summed E-state index contributed by atoms with van der Waals surface area (Å²) in [6.07, 6.45) is 32.7. The largest absolute Gasteiger partial charge is 0.301 e. The summed E-state index contributed by atoms with van der Waals surface area (Å²) in [4.78, 5) is 23.3. The Morgan fingerprint density at radius 3 is 1.05 bits per heavy atom. The van der Waals surface area contributed by atoms with Gasteiger partial charge in [0.15, 0.2) is 0 Å². The molecule has 11 aliphatic rings. The SMILES string of the molecule is CC(C)C1CCN(C(C)C)CC1.CC(C)N1CCC(C)(C)CC1.CC(C)N1CCC2(C)CC2C1.CC(C)N1CCC2(CC1)CC2.CC(C)N1CCCC(C)(C)C1.CC(C)N1CCCCC1.CC(C)N1CCCCC1C.CC1CCN(C(C)C)CC1.CCC1(C)CCN(C(C)C)CC1. The molecular weight excluding hydrogens is 1180 g/mol. The van der Waals surface area contributed by atoms with Crippen LogP contribution in [0, 0.1) is 50.7 Å². The summed E-state index contributed by atoms with van der Waals surface area (Å²) in [5.41, 5.74) is 3.43. The Labute approximate surface area is 611 Å². The summed E-state index contributed by atoms with van der Waals surface area (Å²) < 4.78 is 0. The van der Waals surface area contributed by atoms with Gasteiger partial charge in [0.2, 0.25) is 0 Å². The number of piperidine rings is 9. The van der Waals surface area contributed by atoms with E-state index >= 15 is 0 Å². The third-order valence-corrected chi connectivity index (χ3v) is 26.8. The van der Waals surface area contributed by atoms with E-state index in [9.17, 15) is 0 Å². The second-order valence-corrected chi connectivity index (χ2v) is 39.3. The van der Waals surface area contributed by atoms with Crippen LogP contribution in [0.2, 0.25) is 0 Å². The molecule has 578 valence electrons. The van der Waals surface area contributed by atoms with Gasteiger partial charge in [-0.15, -0.1) is 0 Å². The van der Waals surface area contributed by atoms with Crippen molar-refractivity contribution in [1.82, 2.24) is 44.1 Å². The fourth-order valence-electron chi connectivity index (χ4n) is 17.0. The summed E-state index contributed by atoms with van der Waals surface area (Å²) in [5.74, 6) is 3.88. The molecule has 9 nitrogen and oxygen atoms in total. The second-order valence-electron chi connectivity index (χ2n) is 39.3. The Kier molecular flexibility index (Phi) is 41.7. The standard InChI is InChI=1S/2C11H23N.2C10H19N.2C10H21N.2C9H19N.C8H17N/c1-9(2)11-5-7-12(8-6-11)10(3)4;1-5-11(4)6-8-12(9-7-11)10(2)3;1-8(2)11-5-4-10(3)6-9(10)7-11;1-9(2)11-7-5-10(3-4-10)6-8-11;1-9(2)11-7-5-10(3,4)6-8-11;1-9(2)11-7-5-6-10(3,4)8-11;1-8(2)10-6-4-9(3)5-7-10;1-8(2)10-7-5-4-6-9(10)3;1-8(2)9-6-4-3-5-7-9/h9-11H,5-8H2,1-4H3;10H,5-9H2,1-4H3;8-9H,4-7H2,1-3H3;9H,3-8H2,1-2H3;2*9H,5-8H2,1-4H3;2*8-9H,4-7H2,1-3H3;8H,3-7H2,1-2H3. The lowest BCUT2D eigenvalue weighted by molar-refractivity contribution is 0.0913. The molecule has 0 aromatic heterocycles. The van der Waals surface area contributed by atoms with Crippen LogP contribution < -0.4 is 0 Å². The van der Waals surface area contributed by atoms with E-state index in [4.69, 9.17) is 0 Å². The van der Waals surface area contributed by atoms with Crippen LogP contribution >= 0.6 is 0 Å². The first-order valence-electron chi connectivity index (χ1n) is 42.9. The van der Waals surface area contributed by atoms with Crippen LogP contribution in [0.3, 0.4) is 0 Å². The van der Waals surface area contributed by atoms with Crippen LogP contribution in [0.1, 0.15) is 348 Å². The van der Waals surface area contributed by atoms with Gasteiger partial charge in [-0.05, 0) is 409 Å². The van der Waals surface area contributed by atoms with Crippen molar-refractivity contribution in [2.75, 3.05) is 111 Å². The normalized spacial score (nSPS) is 27.7. The van der Waals surface area contributed by atoms with E-state index in [1.54, 1.807) is 0 Å². The van der Waals surface area contributed by atoms with E-state index in [0.717, 1.165) is 94.9 Å². The van der Waals surface area contributed by atoms with E-state index in [1.165, 1.54) is 259 Å². The van der Waals surface area contributed by atoms with E-state index in [-0.39, 0.29) is 0 Å². The maximum Gasteiger partial charge on any atom is 0.00696 e. The lowest BCUT2D eigenvalue weighted by Crippen LogP contribution is -2.43. The highest BCUT2D eigenvalue weighted by atomic mass is 15.2. The number of hydrogen-bond acceptors (Lipinski definition) is 9. The molecule has 9 saturated heterocycles. The molecule has 0 radical (unpaired) electrons. The summed E-state index contributed by atoms with van der Waals surface area (Å²) in [6, 6.07) is 7.60. The smallest absolute Gasteiger partial charge is 0.00696 e. The van der Waals surface area contributed by atoms with Gasteiger partial charge in [0, 0.05) is 73.5 Å². The minimum absolute atomic E-state index is 0.558. The third kappa shape index (κ3) is 35.5. The van der Waals surface area contributed by atoms with Gasteiger partial charge < -0.3 is 39.2 Å². The molecule has 3 unspecified atom stereocenters. The highest BCUT2D eigenvalue weighted by molar-refractivity contribution is 5.04. The van der Waals surface area contributed by atoms with Gasteiger partial charge in [-0.1, -0.05) is 88.5 Å². The second kappa shape index (κ2) is 44.6. The lowest BCUT2D eigenvalue weighted by atomic mass is 9.78. The topological polar surface area (TPSA) is 29.2 Å². The Morgan fingerprint density at radius 1 is 0.320 bits per heavy atom. The van der Waals surface area contributed by atoms with Gasteiger partial charge in [-0.25, -0.2) is 0 Å². The van der Waals surface area contributed by atoms with E-state index in [1.807, 2.05) is 0 Å². The fraction of sp³-hybridized carbons (Fsp3) is 1.00. The van der Waals surface area contributed by atoms with Crippen molar-refractivity contribution < 1.29 is 0 Å². The zero-order valence-electron chi connectivity index (χ0n) is 71.9. The quantitative estimate of drug-likeness (QED) is 0.201. The average Bonchev–Trinajstić information content (AvgIpc) is 1.59. The highest BCUT2D eigenvalue weighted by Gasteiger charge is 2.52. The maximum atomic E-state index is 2.62. The molecule has 1 spiro atoms. The predicted octanol–water partition coefficient (Wildman–Crippen LogP) is 21.4. The highest BCUT2D eigenvalue weighted by Crippen LogP contribution is 2.57. The van der Waals surface area contributed by atoms with Gasteiger partial charge in [0.1, 0.15) is 0 Å². The molecular formula is C88H181N9. The Bertz CT molecular complexity index is 1890. The van der Waals surface area contributed by atoms with Crippen LogP contribution in [-0.4, -0.2) is 216 Å². The minimum Gasteiger partial charge on any atom is -0.301 e. The summed E-state index contributed by atoms with van der Waals surface area (Å²) in [5, 5.41) is 0. The minimum atomic E-state index is 0.558. The molecule has 0 aromatic rings. The van der Waals surface area contributed by atoms with Gasteiger partial charge in [0.05, 0.1) is 0 Å². The Balaban J connectivity index is 0.000000284. The summed E-state index contributed by atoms with van der Waals surface area (Å²) in [6.45, 7) is 90.0. The Morgan fingerprint density at radius 2 is 0.701 bits per heavy atom. The first kappa shape index (κ1) is 90.9. The van der Waals surface area contributed by atoms with Crippen LogP contribution in [0.25, 0.3) is 0 Å². The first-order valence-corrected chi connectivity index (χ1v) is 42.9. The molecule has 0 aromatic carbocycles. The summed E-state index contributed by atoms with van der Waals surface area (Å²) in [7, 11) is 0. The molecule has 2 saturated carbocycles. The zero-order valence-corrected chi connectivity index (χ0v) is 71.9. The molecule has 9 heterocycles. The van der Waals surface area contributed by atoms with Gasteiger partial charge in [-0.3, -0.25) is 4.90 Å². The molecule has 3 atom stereocenters. The van der Waals surface area contributed by atoms with Crippen molar-refractivity contribution in [2.24, 2.45) is 50.7 Å². The average molecular weight is 1370 g/mol. The molecule has 2 aliphatic carbocycles. The van der Waals surface area contributed by atoms with Crippen LogP contribution in [0.5, 0.6) is 0 Å². The van der Waals surface area contributed by atoms with E-state index < -0.39 is 0 Å². The molecule has 9 heteroatoms. The number of hydrogen-bond donors (Lipinski definition) is 0. The van der Waals surface area contributed by atoms with Crippen molar-refractivity contribution in [3.05, 3.63) is 0 Å². The van der Waals surface area contributed by atoms with Gasteiger partial charge >= 0.3 is 0 Å². The number of nitrogens with zero attached hydrogens (tertiary/aromatic N) is 9. The Hall–Kier alpha value is -0.360. The van der Waals surface area contributed by atoms with Crippen LogP contribution in [0.15, 0.2) is 0 Å². The van der Waals surface area contributed by atoms with Crippen molar-refractivity contribution in [3.63, 3.8) is 0 Å². The van der Waals surface area contributed by atoms with Crippen LogP contribution in [-0.2, 0) is 0 Å². The van der Waals surface area contributed by atoms with Crippen LogP contribution in [0.4, 0.5) is 0 Å². The predicted molar refractivity (Wildman–Crippen MR) is 434 cm³/mol. The fourth-order valence-corrected chi connectivity index (χ4v) is 17.0. The molecule has 11 rings (SSSR count). The third-order valence-electron chi connectivity index (χ3n) is 26.8. The molecule has 0 N–H and O–H groups in total. The number of likely N-dealkylation sites (tertiary alicyclic amines) is 9. The molecule has 9 aliphatic heterocycles. The summed E-state index contributed by atoms with van der Waals surface area (Å²) >= 11 is 0. The van der Waals surface area contributed by atoms with Crippen molar-refractivity contribution in [2.45, 2.75) is 409 Å². The molecule has 97 heavy (non-hydrogen) atoms. The van der Waals surface area contributed by atoms with Gasteiger partial charge in [0.25, 0.3) is 0 Å². The number of rotatable bonds is 11. The van der Waals surface area contributed by atoms with Crippen molar-refractivity contribution >= 4 is 0 Å². The number of fused-ring (bicyclic) bond motifs is 1. The first-order chi connectivity index (χ1) is 45.3. The van der Waals surface area contributed by atoms with E-state index in [2.05, 4.69) is 245 Å². The van der Waals surface area contributed by atoms with E-state index in [0.29, 0.717) is 16.2 Å². The molecule has 11 fully saturated rings. The monoisotopic (exact) mass is 1360 g/mol. The van der Waals surface area contributed by atoms with Gasteiger partial charge in [-0.2, -0.15) is 0 Å². The lowest BCUT2D eigenvalue weighted by Gasteiger charge is -2.40. The van der Waals surface area contributed by atoms with Crippen molar-refractivity contribution in [1.29, 1.82) is 0 Å². The van der Waals surface area contributed by atoms with Crippen molar-refractivity contribution in [3.8, 4) is 0 Å².